The predicted molar refractivity (Wildman–Crippen MR) is 56.0 cm³/mol. The van der Waals surface area contributed by atoms with Crippen LogP contribution in [0.5, 0.6) is 0 Å². The average molecular weight is 237 g/mol. The van der Waals surface area contributed by atoms with Crippen LogP contribution in [-0.4, -0.2) is 18.4 Å². The van der Waals surface area contributed by atoms with Gasteiger partial charge in [0, 0.05) is 0 Å². The highest BCUT2D eigenvalue weighted by Crippen LogP contribution is 2.10. The summed E-state index contributed by atoms with van der Waals surface area (Å²) in [6.45, 7) is 1.59. The summed E-state index contributed by atoms with van der Waals surface area (Å²) < 4.78 is 17.2. The van der Waals surface area contributed by atoms with E-state index in [0.717, 1.165) is 6.07 Å². The number of hydrogen-bond acceptors (Lipinski definition) is 4. The van der Waals surface area contributed by atoms with Crippen LogP contribution in [0.2, 0.25) is 0 Å². The average Bonchev–Trinajstić information content (AvgIpc) is 2.29. The molecule has 0 heterocycles. The van der Waals surface area contributed by atoms with Crippen LogP contribution in [-0.2, 0) is 14.3 Å². The molecule has 5 heteroatoms. The summed E-state index contributed by atoms with van der Waals surface area (Å²) in [5.41, 5.74) is 0.00245. The standard InChI is InChI=1S/C12H11FO4/c1-2-17-12(16)11(15)7-10(14)8-4-3-5-9(13)6-8/h3-7,14H,2H2,1H3/p-1/b10-7-. The summed E-state index contributed by atoms with van der Waals surface area (Å²) in [5, 5.41) is 11.5. The van der Waals surface area contributed by atoms with Gasteiger partial charge in [-0.15, -0.1) is 0 Å². The van der Waals surface area contributed by atoms with Crippen molar-refractivity contribution in [2.24, 2.45) is 0 Å². The summed E-state index contributed by atoms with van der Waals surface area (Å²) in [4.78, 5) is 22.1. The summed E-state index contributed by atoms with van der Waals surface area (Å²) in [6, 6.07) is 4.84. The van der Waals surface area contributed by atoms with Gasteiger partial charge in [-0.1, -0.05) is 17.9 Å². The van der Waals surface area contributed by atoms with E-state index in [9.17, 15) is 19.1 Å². The van der Waals surface area contributed by atoms with E-state index in [1.807, 2.05) is 0 Å². The number of rotatable bonds is 4. The van der Waals surface area contributed by atoms with Crippen molar-refractivity contribution in [3.8, 4) is 0 Å². The van der Waals surface area contributed by atoms with Gasteiger partial charge in [0.1, 0.15) is 5.82 Å². The zero-order valence-corrected chi connectivity index (χ0v) is 9.10. The van der Waals surface area contributed by atoms with E-state index in [0.29, 0.717) is 6.08 Å². The molecule has 0 bridgehead atoms. The van der Waals surface area contributed by atoms with Gasteiger partial charge in [0.2, 0.25) is 0 Å². The first-order chi connectivity index (χ1) is 8.04. The summed E-state index contributed by atoms with van der Waals surface area (Å²) in [5.74, 6) is -3.48. The Bertz CT molecular complexity index is 465. The second kappa shape index (κ2) is 5.79. The molecule has 0 amide bonds. The predicted octanol–water partition coefficient (Wildman–Crippen LogP) is 0.659. The van der Waals surface area contributed by atoms with Crippen LogP contribution in [0.15, 0.2) is 30.3 Å². The molecule has 0 aliphatic heterocycles. The zero-order valence-electron chi connectivity index (χ0n) is 9.10. The molecule has 0 N–H and O–H groups in total. The fraction of sp³-hybridized carbons (Fsp3) is 0.167. The van der Waals surface area contributed by atoms with Gasteiger partial charge in [0.25, 0.3) is 5.78 Å². The lowest BCUT2D eigenvalue weighted by atomic mass is 10.1. The Morgan fingerprint density at radius 3 is 2.76 bits per heavy atom. The summed E-state index contributed by atoms with van der Waals surface area (Å²) in [7, 11) is 0. The van der Waals surface area contributed by atoms with Crippen LogP contribution in [0.4, 0.5) is 4.39 Å². The molecule has 0 spiro atoms. The second-order valence-electron chi connectivity index (χ2n) is 3.10. The molecule has 0 fully saturated rings. The minimum Gasteiger partial charge on any atom is -0.872 e. The summed E-state index contributed by atoms with van der Waals surface area (Å²) >= 11 is 0. The Balaban J connectivity index is 2.86. The third-order valence-corrected chi connectivity index (χ3v) is 1.85. The Labute approximate surface area is 97.3 Å². The third kappa shape index (κ3) is 3.71. The van der Waals surface area contributed by atoms with Gasteiger partial charge >= 0.3 is 5.97 Å². The Kier molecular flexibility index (Phi) is 4.39. The Morgan fingerprint density at radius 2 is 2.18 bits per heavy atom. The molecule has 0 aliphatic rings. The summed E-state index contributed by atoms with van der Waals surface area (Å²) in [6.07, 6.45) is 0.590. The number of carbonyl (C=O) groups excluding carboxylic acids is 2. The fourth-order valence-corrected chi connectivity index (χ4v) is 1.11. The quantitative estimate of drug-likeness (QED) is 0.334. The Morgan fingerprint density at radius 1 is 1.47 bits per heavy atom. The van der Waals surface area contributed by atoms with Crippen molar-refractivity contribution in [3.05, 3.63) is 41.7 Å². The number of benzene rings is 1. The second-order valence-corrected chi connectivity index (χ2v) is 3.10. The van der Waals surface area contributed by atoms with Crippen molar-refractivity contribution in [2.75, 3.05) is 6.61 Å². The van der Waals surface area contributed by atoms with Crippen LogP contribution in [0.25, 0.3) is 5.76 Å². The SMILES string of the molecule is CCOC(=O)C(=O)/C=C(\[O-])c1cccc(F)c1. The molecule has 0 unspecified atom stereocenters. The van der Waals surface area contributed by atoms with Crippen molar-refractivity contribution >= 4 is 17.5 Å². The first-order valence-corrected chi connectivity index (χ1v) is 4.90. The lowest BCUT2D eigenvalue weighted by molar-refractivity contribution is -0.244. The molecule has 1 rings (SSSR count). The number of esters is 1. The smallest absolute Gasteiger partial charge is 0.378 e. The highest BCUT2D eigenvalue weighted by Gasteiger charge is 2.11. The molecule has 0 radical (unpaired) electrons. The van der Waals surface area contributed by atoms with Gasteiger partial charge in [-0.25, -0.2) is 9.18 Å². The number of carbonyl (C=O) groups is 2. The first-order valence-electron chi connectivity index (χ1n) is 4.90. The monoisotopic (exact) mass is 237 g/mol. The van der Waals surface area contributed by atoms with Crippen molar-refractivity contribution in [1.82, 2.24) is 0 Å². The molecule has 0 saturated carbocycles. The molecular weight excluding hydrogens is 227 g/mol. The van der Waals surface area contributed by atoms with Crippen LogP contribution in [0.1, 0.15) is 12.5 Å². The fourth-order valence-electron chi connectivity index (χ4n) is 1.11. The van der Waals surface area contributed by atoms with Gasteiger partial charge in [-0.2, -0.15) is 0 Å². The van der Waals surface area contributed by atoms with Crippen LogP contribution < -0.4 is 5.11 Å². The van der Waals surface area contributed by atoms with Crippen molar-refractivity contribution in [3.63, 3.8) is 0 Å². The lowest BCUT2D eigenvalue weighted by Gasteiger charge is -2.11. The zero-order chi connectivity index (χ0) is 12.8. The van der Waals surface area contributed by atoms with Gasteiger partial charge in [0.15, 0.2) is 0 Å². The van der Waals surface area contributed by atoms with Gasteiger partial charge in [-0.3, -0.25) is 4.79 Å². The molecule has 0 aliphatic carbocycles. The van der Waals surface area contributed by atoms with E-state index in [1.165, 1.54) is 18.2 Å². The molecule has 1 aromatic rings. The van der Waals surface area contributed by atoms with Crippen molar-refractivity contribution in [2.45, 2.75) is 6.92 Å². The third-order valence-electron chi connectivity index (χ3n) is 1.85. The van der Waals surface area contributed by atoms with E-state index in [4.69, 9.17) is 0 Å². The maximum Gasteiger partial charge on any atom is 0.378 e. The van der Waals surface area contributed by atoms with Gasteiger partial charge < -0.3 is 9.84 Å². The van der Waals surface area contributed by atoms with Crippen molar-refractivity contribution < 1.29 is 23.8 Å². The minimum absolute atomic E-state index is 0.00245. The van der Waals surface area contributed by atoms with Crippen LogP contribution >= 0.6 is 0 Å². The highest BCUT2D eigenvalue weighted by molar-refractivity contribution is 6.39. The first kappa shape index (κ1) is 12.9. The number of ketones is 1. The maximum absolute atomic E-state index is 12.8. The molecule has 1 aromatic carbocycles. The lowest BCUT2D eigenvalue weighted by Crippen LogP contribution is -2.17. The molecule has 0 saturated heterocycles. The van der Waals surface area contributed by atoms with E-state index in [1.54, 1.807) is 6.92 Å². The highest BCUT2D eigenvalue weighted by atomic mass is 19.1. The van der Waals surface area contributed by atoms with E-state index >= 15 is 0 Å². The van der Waals surface area contributed by atoms with E-state index < -0.39 is 23.3 Å². The molecule has 0 aromatic heterocycles. The number of halogens is 1. The topological polar surface area (TPSA) is 66.4 Å². The minimum atomic E-state index is -1.10. The van der Waals surface area contributed by atoms with E-state index in [2.05, 4.69) is 4.74 Å². The van der Waals surface area contributed by atoms with Gasteiger partial charge in [-0.05, 0) is 30.7 Å². The van der Waals surface area contributed by atoms with E-state index in [-0.39, 0.29) is 12.2 Å². The van der Waals surface area contributed by atoms with Crippen LogP contribution in [0.3, 0.4) is 0 Å². The molecule has 4 nitrogen and oxygen atoms in total. The van der Waals surface area contributed by atoms with Crippen LogP contribution in [0, 0.1) is 5.82 Å². The maximum atomic E-state index is 12.8. The molecular formula is C12H10FO4-. The molecule has 90 valence electrons. The normalized spacial score (nSPS) is 11.1. The van der Waals surface area contributed by atoms with Gasteiger partial charge in [0.05, 0.1) is 6.61 Å². The van der Waals surface area contributed by atoms with Crippen molar-refractivity contribution in [1.29, 1.82) is 0 Å². The number of ether oxygens (including phenoxy) is 1. The number of hydrogen-bond donors (Lipinski definition) is 0. The molecule has 0 atom stereocenters. The Hall–Kier alpha value is -2.17. The largest absolute Gasteiger partial charge is 0.872 e. The molecule has 17 heavy (non-hydrogen) atoms.